The Balaban J connectivity index is 2.24. The number of aromatic nitrogens is 1. The van der Waals surface area contributed by atoms with Gasteiger partial charge in [-0.2, -0.15) is 0 Å². The van der Waals surface area contributed by atoms with Gasteiger partial charge in [-0.15, -0.1) is 0 Å². The highest BCUT2D eigenvalue weighted by molar-refractivity contribution is 7.80. The first-order valence-corrected chi connectivity index (χ1v) is 6.70. The largest absolute Gasteiger partial charge is 0.389 e. The van der Waals surface area contributed by atoms with Crippen molar-refractivity contribution in [2.24, 2.45) is 5.73 Å². The number of hydrogen-bond donors (Lipinski definition) is 1. The van der Waals surface area contributed by atoms with Gasteiger partial charge in [-0.3, -0.25) is 0 Å². The van der Waals surface area contributed by atoms with Gasteiger partial charge in [0.2, 0.25) is 0 Å². The predicted octanol–water partition coefficient (Wildman–Crippen LogP) is 1.25. The SMILES string of the molecule is CC1CN(C)CCCN1c1cc(C(N)=S)ccn1. The highest BCUT2D eigenvalue weighted by Crippen LogP contribution is 2.18. The average molecular weight is 264 g/mol. The molecule has 2 rings (SSSR count). The van der Waals surface area contributed by atoms with Crippen LogP contribution in [0.2, 0.25) is 0 Å². The normalized spacial score (nSPS) is 21.7. The van der Waals surface area contributed by atoms with E-state index in [9.17, 15) is 0 Å². The van der Waals surface area contributed by atoms with E-state index >= 15 is 0 Å². The third-order valence-corrected chi connectivity index (χ3v) is 3.61. The quantitative estimate of drug-likeness (QED) is 0.815. The van der Waals surface area contributed by atoms with E-state index in [1.54, 1.807) is 6.20 Å². The van der Waals surface area contributed by atoms with Crippen molar-refractivity contribution in [2.75, 3.05) is 31.6 Å². The number of anilines is 1. The zero-order valence-corrected chi connectivity index (χ0v) is 11.8. The van der Waals surface area contributed by atoms with E-state index in [2.05, 4.69) is 28.8 Å². The van der Waals surface area contributed by atoms with E-state index in [1.165, 1.54) is 0 Å². The van der Waals surface area contributed by atoms with E-state index in [-0.39, 0.29) is 0 Å². The van der Waals surface area contributed by atoms with Gasteiger partial charge in [-0.25, -0.2) is 4.98 Å². The Kier molecular flexibility index (Phi) is 4.14. The van der Waals surface area contributed by atoms with E-state index in [0.717, 1.165) is 37.4 Å². The lowest BCUT2D eigenvalue weighted by Crippen LogP contribution is -2.38. The van der Waals surface area contributed by atoms with Crippen LogP contribution in [0.4, 0.5) is 5.82 Å². The summed E-state index contributed by atoms with van der Waals surface area (Å²) < 4.78 is 0. The molecule has 2 N–H and O–H groups in total. The summed E-state index contributed by atoms with van der Waals surface area (Å²) in [6.07, 6.45) is 2.94. The average Bonchev–Trinajstić information content (AvgIpc) is 2.50. The molecule has 4 nitrogen and oxygen atoms in total. The van der Waals surface area contributed by atoms with E-state index in [0.29, 0.717) is 11.0 Å². The molecule has 5 heteroatoms. The summed E-state index contributed by atoms with van der Waals surface area (Å²) in [5.74, 6) is 0.975. The minimum Gasteiger partial charge on any atom is -0.389 e. The predicted molar refractivity (Wildman–Crippen MR) is 79.0 cm³/mol. The molecule has 2 heterocycles. The summed E-state index contributed by atoms with van der Waals surface area (Å²) in [7, 11) is 2.17. The maximum Gasteiger partial charge on any atom is 0.129 e. The Morgan fingerprint density at radius 2 is 2.28 bits per heavy atom. The Morgan fingerprint density at radius 1 is 1.50 bits per heavy atom. The highest BCUT2D eigenvalue weighted by atomic mass is 32.1. The smallest absolute Gasteiger partial charge is 0.129 e. The van der Waals surface area contributed by atoms with Crippen molar-refractivity contribution in [2.45, 2.75) is 19.4 Å². The molecule has 0 amide bonds. The summed E-state index contributed by atoms with van der Waals surface area (Å²) in [4.78, 5) is 9.59. The molecule has 0 spiro atoms. The molecule has 1 aliphatic heterocycles. The van der Waals surface area contributed by atoms with Gasteiger partial charge in [-0.05, 0) is 39.1 Å². The van der Waals surface area contributed by atoms with Gasteiger partial charge in [0.15, 0.2) is 0 Å². The van der Waals surface area contributed by atoms with Gasteiger partial charge >= 0.3 is 0 Å². The molecule has 1 atom stereocenters. The minimum atomic E-state index is 0.429. The number of pyridine rings is 1. The first kappa shape index (κ1) is 13.2. The second kappa shape index (κ2) is 5.63. The number of nitrogens with zero attached hydrogens (tertiary/aromatic N) is 3. The monoisotopic (exact) mass is 264 g/mol. The molecule has 0 bridgehead atoms. The van der Waals surface area contributed by atoms with E-state index in [1.807, 2.05) is 12.1 Å². The van der Waals surface area contributed by atoms with Gasteiger partial charge in [0.05, 0.1) is 0 Å². The van der Waals surface area contributed by atoms with Crippen LogP contribution in [0, 0.1) is 0 Å². The van der Waals surface area contributed by atoms with Crippen LogP contribution >= 0.6 is 12.2 Å². The van der Waals surface area contributed by atoms with E-state index < -0.39 is 0 Å². The van der Waals surface area contributed by atoms with Gasteiger partial charge in [0.1, 0.15) is 10.8 Å². The van der Waals surface area contributed by atoms with Crippen LogP contribution in [0.15, 0.2) is 18.3 Å². The summed E-state index contributed by atoms with van der Waals surface area (Å²) in [5.41, 5.74) is 6.57. The minimum absolute atomic E-state index is 0.429. The van der Waals surface area contributed by atoms with Crippen LogP contribution < -0.4 is 10.6 Å². The van der Waals surface area contributed by atoms with E-state index in [4.69, 9.17) is 18.0 Å². The maximum absolute atomic E-state index is 5.68. The van der Waals surface area contributed by atoms with Crippen LogP contribution in [0.1, 0.15) is 18.9 Å². The maximum atomic E-state index is 5.68. The topological polar surface area (TPSA) is 45.4 Å². The van der Waals surface area contributed by atoms with Gasteiger partial charge in [0.25, 0.3) is 0 Å². The zero-order chi connectivity index (χ0) is 13.1. The lowest BCUT2D eigenvalue weighted by molar-refractivity contribution is 0.337. The molecular formula is C13H20N4S. The molecule has 1 aromatic heterocycles. The number of likely N-dealkylation sites (N-methyl/N-ethyl adjacent to an activating group) is 1. The Bertz CT molecular complexity index is 435. The van der Waals surface area contributed by atoms with Crippen LogP contribution in [-0.2, 0) is 0 Å². The van der Waals surface area contributed by atoms with Crippen molar-refractivity contribution in [1.82, 2.24) is 9.88 Å². The molecule has 0 aliphatic carbocycles. The van der Waals surface area contributed by atoms with Crippen molar-refractivity contribution >= 4 is 23.0 Å². The molecule has 18 heavy (non-hydrogen) atoms. The number of thiocarbonyl (C=S) groups is 1. The lowest BCUT2D eigenvalue weighted by atomic mass is 10.2. The van der Waals surface area contributed by atoms with Crippen molar-refractivity contribution < 1.29 is 0 Å². The second-order valence-corrected chi connectivity index (χ2v) is 5.37. The molecule has 1 saturated heterocycles. The summed E-state index contributed by atoms with van der Waals surface area (Å²) >= 11 is 5.02. The van der Waals surface area contributed by atoms with Gasteiger partial charge in [-0.1, -0.05) is 12.2 Å². The van der Waals surface area contributed by atoms with Gasteiger partial charge < -0.3 is 15.5 Å². The van der Waals surface area contributed by atoms with Crippen LogP contribution in [0.3, 0.4) is 0 Å². The van der Waals surface area contributed by atoms with Crippen molar-refractivity contribution in [3.05, 3.63) is 23.9 Å². The first-order chi connectivity index (χ1) is 8.58. The number of nitrogens with two attached hydrogens (primary N) is 1. The lowest BCUT2D eigenvalue weighted by Gasteiger charge is -2.29. The summed E-state index contributed by atoms with van der Waals surface area (Å²) in [6.45, 7) is 5.45. The Labute approximate surface area is 114 Å². The third-order valence-electron chi connectivity index (χ3n) is 3.37. The number of rotatable bonds is 2. The first-order valence-electron chi connectivity index (χ1n) is 6.29. The van der Waals surface area contributed by atoms with Crippen LogP contribution in [-0.4, -0.2) is 47.6 Å². The third kappa shape index (κ3) is 2.97. The van der Waals surface area contributed by atoms with Gasteiger partial charge in [0, 0.05) is 30.9 Å². The molecule has 1 fully saturated rings. The Morgan fingerprint density at radius 3 is 3.00 bits per heavy atom. The molecule has 0 saturated carbocycles. The molecule has 0 aromatic carbocycles. The fraction of sp³-hybridized carbons (Fsp3) is 0.538. The molecule has 1 aromatic rings. The molecule has 1 aliphatic rings. The van der Waals surface area contributed by atoms with Crippen molar-refractivity contribution in [3.63, 3.8) is 0 Å². The fourth-order valence-electron chi connectivity index (χ4n) is 2.44. The molecule has 98 valence electrons. The molecule has 1 unspecified atom stereocenters. The molecule has 0 radical (unpaired) electrons. The summed E-state index contributed by atoms with van der Waals surface area (Å²) in [6, 6.07) is 4.30. The van der Waals surface area contributed by atoms with Crippen molar-refractivity contribution in [1.29, 1.82) is 0 Å². The summed E-state index contributed by atoms with van der Waals surface area (Å²) in [5, 5.41) is 0. The number of hydrogen-bond acceptors (Lipinski definition) is 4. The standard InChI is InChI=1S/C13H20N4S/c1-10-9-16(2)6-3-7-17(10)12-8-11(13(14)18)4-5-15-12/h4-5,8,10H,3,6-7,9H2,1-2H3,(H2,14,18). The van der Waals surface area contributed by atoms with Crippen molar-refractivity contribution in [3.8, 4) is 0 Å². The fourth-order valence-corrected chi connectivity index (χ4v) is 2.57. The second-order valence-electron chi connectivity index (χ2n) is 4.93. The highest BCUT2D eigenvalue weighted by Gasteiger charge is 2.20. The van der Waals surface area contributed by atoms with Crippen LogP contribution in [0.5, 0.6) is 0 Å². The van der Waals surface area contributed by atoms with Crippen LogP contribution in [0.25, 0.3) is 0 Å². The zero-order valence-electron chi connectivity index (χ0n) is 11.0. The Hall–Kier alpha value is -1.20. The molecular weight excluding hydrogens is 244 g/mol.